The van der Waals surface area contributed by atoms with Gasteiger partial charge in [0.25, 0.3) is 5.08 Å². The topological polar surface area (TPSA) is 287 Å². The number of aliphatic hydroxyl groups is 1. The molecule has 0 saturated carbocycles. The summed E-state index contributed by atoms with van der Waals surface area (Å²) in [4.78, 5) is 34.5. The summed E-state index contributed by atoms with van der Waals surface area (Å²) in [6.07, 6.45) is -0.856. The molecule has 0 fully saturated rings. The quantitative estimate of drug-likeness (QED) is 0.199. The molecule has 12 nitrogen and oxygen atoms in total. The summed E-state index contributed by atoms with van der Waals surface area (Å²) in [7, 11) is -10.6. The van der Waals surface area contributed by atoms with Crippen molar-refractivity contribution in [2.45, 2.75) is 17.9 Å². The molecule has 20 heavy (non-hydrogen) atoms. The van der Waals surface area contributed by atoms with Crippen molar-refractivity contribution in [1.82, 2.24) is 0 Å². The van der Waals surface area contributed by atoms with Gasteiger partial charge in [-0.05, 0) is 13.0 Å². The molecule has 0 aromatic rings. The number of rotatable bonds is 5. The first kappa shape index (κ1) is 43.1. The number of hydrogen-bond donors (Lipinski definition) is 6. The maximum atomic E-state index is 10.7. The predicted molar refractivity (Wildman–Crippen MR) is 64.0 cm³/mol. The summed E-state index contributed by atoms with van der Waals surface area (Å²) in [5, 5.41) is 5.91. The van der Waals surface area contributed by atoms with Crippen molar-refractivity contribution < 1.29 is 118 Å². The molecule has 0 aliphatic rings. The maximum Gasteiger partial charge on any atom is 1.00 e. The molecular weight excluding hydrogens is 346 g/mol. The van der Waals surface area contributed by atoms with Gasteiger partial charge in [-0.2, -0.15) is 0 Å². The third kappa shape index (κ3) is 11.6. The van der Waals surface area contributed by atoms with Crippen molar-refractivity contribution in [3.63, 3.8) is 0 Å². The SMILES string of the molecule is NCCCC(O)(P(=O)(O)O)P(=O)(O)O.O.O.O.O.[H-].[H-].[Na+].[Na+]. The second-order valence-corrected chi connectivity index (χ2v) is 6.76. The molecule has 0 atom stereocenters. The van der Waals surface area contributed by atoms with E-state index in [1.807, 2.05) is 0 Å². The average Bonchev–Trinajstić information content (AvgIpc) is 1.95. The van der Waals surface area contributed by atoms with Gasteiger partial charge < -0.3 is 55.2 Å². The Balaban J connectivity index is -0.0000000302. The third-order valence-corrected chi connectivity index (χ3v) is 5.53. The minimum atomic E-state index is -5.30. The molecule has 0 radical (unpaired) electrons. The Hall–Kier alpha value is 2.06. The van der Waals surface area contributed by atoms with Crippen molar-refractivity contribution in [2.75, 3.05) is 6.54 Å². The minimum absolute atomic E-state index is 0. The Morgan fingerprint density at radius 3 is 1.30 bits per heavy atom. The standard InChI is InChI=1S/C4H13NO7P2.2Na.4H2O.2H/c5-3-1-2-4(6,13(7,8)9)14(10,11)12;;;;;;;;/h6H,1-3,5H2,(H2,7,8,9)(H2,10,11,12);;;4*1H2;;/q;2*+1;;;;;2*-1. The zero-order valence-corrected chi connectivity index (χ0v) is 16.9. The van der Waals surface area contributed by atoms with E-state index in [4.69, 9.17) is 25.3 Å². The summed E-state index contributed by atoms with van der Waals surface area (Å²) in [5.41, 5.74) is 5.01. The number of hydrogen-bond acceptors (Lipinski definition) is 4. The molecule has 16 heteroatoms. The molecule has 0 aromatic carbocycles. The third-order valence-electron chi connectivity index (χ3n) is 1.65. The summed E-state index contributed by atoms with van der Waals surface area (Å²) in [6, 6.07) is 0. The Labute approximate surface area is 162 Å². The molecule has 0 spiro atoms. The van der Waals surface area contributed by atoms with E-state index in [-0.39, 0.29) is 96.8 Å². The minimum Gasteiger partial charge on any atom is -1.00 e. The normalized spacial score (nSPS) is 10.1. The second kappa shape index (κ2) is 15.9. The molecule has 0 amide bonds. The fourth-order valence-electron chi connectivity index (χ4n) is 0.800. The van der Waals surface area contributed by atoms with Gasteiger partial charge in [-0.1, -0.05) is 0 Å². The van der Waals surface area contributed by atoms with Crippen LogP contribution in [0.4, 0.5) is 0 Å². The van der Waals surface area contributed by atoms with Gasteiger partial charge >= 0.3 is 74.3 Å². The van der Waals surface area contributed by atoms with Crippen LogP contribution in [0, 0.1) is 0 Å². The predicted octanol–water partition coefficient (Wildman–Crippen LogP) is -10.3. The summed E-state index contributed by atoms with van der Waals surface area (Å²) in [6.45, 7) is -0.0394. The van der Waals surface area contributed by atoms with Crippen LogP contribution in [0.1, 0.15) is 15.7 Å². The van der Waals surface area contributed by atoms with Gasteiger partial charge in [0.2, 0.25) is 0 Å². The van der Waals surface area contributed by atoms with Crippen LogP contribution in [0.15, 0.2) is 0 Å². The van der Waals surface area contributed by atoms with E-state index in [1.165, 1.54) is 0 Å². The van der Waals surface area contributed by atoms with Crippen LogP contribution in [-0.2, 0) is 9.13 Å². The van der Waals surface area contributed by atoms with Gasteiger partial charge in [-0.25, -0.2) is 0 Å². The average molecular weight is 369 g/mol. The van der Waals surface area contributed by atoms with Gasteiger partial charge in [0.05, 0.1) is 0 Å². The van der Waals surface area contributed by atoms with Gasteiger partial charge in [0.1, 0.15) is 0 Å². The van der Waals surface area contributed by atoms with Crippen molar-refractivity contribution in [3.05, 3.63) is 0 Å². The molecule has 0 unspecified atom stereocenters. The molecule has 0 aromatic heterocycles. The molecule has 122 valence electrons. The fraction of sp³-hybridized carbons (Fsp3) is 1.00. The van der Waals surface area contributed by atoms with Crippen molar-refractivity contribution >= 4 is 15.2 Å². The monoisotopic (exact) mass is 369 g/mol. The van der Waals surface area contributed by atoms with E-state index in [0.717, 1.165) is 0 Å². The van der Waals surface area contributed by atoms with E-state index in [1.54, 1.807) is 0 Å². The Kier molecular flexibility index (Phi) is 34.4. The molecule has 15 N–H and O–H groups in total. The molecule has 0 aliphatic carbocycles. The zero-order valence-electron chi connectivity index (χ0n) is 13.1. The summed E-state index contributed by atoms with van der Waals surface area (Å²) < 4.78 is 21.4. The van der Waals surface area contributed by atoms with E-state index in [2.05, 4.69) is 0 Å². The zero-order chi connectivity index (χ0) is 11.6. The maximum absolute atomic E-state index is 10.7. The largest absolute Gasteiger partial charge is 1.00 e. The molecule has 0 rings (SSSR count). The van der Waals surface area contributed by atoms with Crippen LogP contribution in [0.3, 0.4) is 0 Å². The van der Waals surface area contributed by atoms with Gasteiger partial charge in [0.15, 0.2) is 0 Å². The van der Waals surface area contributed by atoms with Gasteiger partial charge in [-0.15, -0.1) is 0 Å². The van der Waals surface area contributed by atoms with Crippen LogP contribution in [0.5, 0.6) is 0 Å². The first-order valence-electron chi connectivity index (χ1n) is 3.60. The van der Waals surface area contributed by atoms with Crippen molar-refractivity contribution in [2.24, 2.45) is 5.73 Å². The van der Waals surface area contributed by atoms with Gasteiger partial charge in [0, 0.05) is 6.42 Å². The molecule has 0 saturated heterocycles. The van der Waals surface area contributed by atoms with E-state index >= 15 is 0 Å². The van der Waals surface area contributed by atoms with E-state index in [0.29, 0.717) is 0 Å². The first-order chi connectivity index (χ1) is 6.06. The van der Waals surface area contributed by atoms with E-state index in [9.17, 15) is 14.2 Å². The van der Waals surface area contributed by atoms with Crippen LogP contribution in [0.25, 0.3) is 0 Å². The number of nitrogens with two attached hydrogens (primary N) is 1. The second-order valence-electron chi connectivity index (χ2n) is 2.75. The smallest absolute Gasteiger partial charge is 1.00 e. The molecule has 0 bridgehead atoms. The van der Waals surface area contributed by atoms with Crippen LogP contribution >= 0.6 is 15.2 Å². The van der Waals surface area contributed by atoms with Crippen molar-refractivity contribution in [3.8, 4) is 0 Å². The molecule has 0 heterocycles. The van der Waals surface area contributed by atoms with Crippen LogP contribution in [0.2, 0.25) is 0 Å². The Morgan fingerprint density at radius 2 is 1.15 bits per heavy atom. The fourth-order valence-corrected chi connectivity index (χ4v) is 3.06. The summed E-state index contributed by atoms with van der Waals surface area (Å²) in [5.74, 6) is 0. The Morgan fingerprint density at radius 1 is 0.900 bits per heavy atom. The molecular formula is C4H23NNa2O11P2. The van der Waals surface area contributed by atoms with Crippen molar-refractivity contribution in [1.29, 1.82) is 0 Å². The van der Waals surface area contributed by atoms with Gasteiger partial charge in [-0.3, -0.25) is 9.13 Å². The van der Waals surface area contributed by atoms with E-state index < -0.39 is 26.7 Å². The van der Waals surface area contributed by atoms with Crippen LogP contribution in [-0.4, -0.2) is 58.2 Å². The Bertz CT molecular complexity index is 280. The summed E-state index contributed by atoms with van der Waals surface area (Å²) >= 11 is 0. The van der Waals surface area contributed by atoms with Crippen LogP contribution < -0.4 is 64.8 Å². The first-order valence-corrected chi connectivity index (χ1v) is 6.82. The molecule has 0 aliphatic heterocycles.